The van der Waals surface area contributed by atoms with Crippen molar-refractivity contribution in [2.45, 2.75) is 44.7 Å². The maximum atomic E-state index is 13.1. The fraction of sp³-hybridized carbons (Fsp3) is 0.360. The average molecular weight is 477 g/mol. The molecule has 5 rings (SSSR count). The lowest BCUT2D eigenvalue weighted by Crippen LogP contribution is -2.44. The van der Waals surface area contributed by atoms with Gasteiger partial charge in [-0.05, 0) is 30.5 Å². The number of rotatable bonds is 8. The Bertz CT molecular complexity index is 1300. The summed E-state index contributed by atoms with van der Waals surface area (Å²) in [7, 11) is 1.80. The quantitative estimate of drug-likeness (QED) is 0.399. The zero-order valence-corrected chi connectivity index (χ0v) is 19.9. The largest absolute Gasteiger partial charge is 0.340 e. The van der Waals surface area contributed by atoms with Crippen molar-refractivity contribution < 1.29 is 9.59 Å². The van der Waals surface area contributed by atoms with E-state index in [1.165, 1.54) is 24.2 Å². The molecule has 2 amide bonds. The number of thiophene rings is 1. The Morgan fingerprint density at radius 1 is 1.12 bits per heavy atom. The first-order valence-electron chi connectivity index (χ1n) is 11.6. The minimum absolute atomic E-state index is 0.201. The Labute approximate surface area is 202 Å². The van der Waals surface area contributed by atoms with Gasteiger partial charge >= 0.3 is 0 Å². The van der Waals surface area contributed by atoms with Gasteiger partial charge in [0.25, 0.3) is 5.91 Å². The van der Waals surface area contributed by atoms with Gasteiger partial charge in [0.15, 0.2) is 0 Å². The lowest BCUT2D eigenvalue weighted by Gasteiger charge is -2.21. The van der Waals surface area contributed by atoms with Gasteiger partial charge in [0.1, 0.15) is 6.04 Å². The van der Waals surface area contributed by atoms with Gasteiger partial charge in [-0.1, -0.05) is 43.9 Å². The molecule has 4 aromatic rings. The van der Waals surface area contributed by atoms with Crippen molar-refractivity contribution in [2.75, 3.05) is 5.32 Å². The van der Waals surface area contributed by atoms with E-state index in [1.807, 2.05) is 47.3 Å². The molecule has 0 unspecified atom stereocenters. The fourth-order valence-corrected chi connectivity index (χ4v) is 5.53. The van der Waals surface area contributed by atoms with Crippen LogP contribution in [-0.4, -0.2) is 37.4 Å². The molecule has 3 aromatic heterocycles. The van der Waals surface area contributed by atoms with Crippen LogP contribution in [0.2, 0.25) is 0 Å². The number of carbonyl (C=O) groups is 2. The fourth-order valence-electron chi connectivity index (χ4n) is 4.64. The standard InChI is InChI=1S/C25H28N6O2S/c1-30-15-19(14-26-30)28-24(32)21(12-17-6-2-3-7-17)29-25(33)23-11-10-20(34-23)16-31-22-9-5-4-8-18(22)13-27-31/h4-5,8-11,13-15,17,21H,2-3,6-7,12,16H2,1H3,(H,28,32)(H,29,33)/t21-/m0/s1. The summed E-state index contributed by atoms with van der Waals surface area (Å²) in [5.74, 6) is 0.0379. The molecule has 0 bridgehead atoms. The molecule has 0 saturated heterocycles. The van der Waals surface area contributed by atoms with Crippen LogP contribution in [0.3, 0.4) is 0 Å². The number of hydrogen-bond acceptors (Lipinski definition) is 5. The summed E-state index contributed by atoms with van der Waals surface area (Å²) in [5, 5.41) is 15.6. The van der Waals surface area contributed by atoms with Crippen LogP contribution in [0.4, 0.5) is 5.69 Å². The van der Waals surface area contributed by atoms with Crippen LogP contribution in [0.5, 0.6) is 0 Å². The van der Waals surface area contributed by atoms with Crippen LogP contribution in [0, 0.1) is 5.92 Å². The first kappa shape index (κ1) is 22.3. The number of para-hydroxylation sites is 1. The van der Waals surface area contributed by atoms with Gasteiger partial charge in [-0.3, -0.25) is 19.0 Å². The monoisotopic (exact) mass is 476 g/mol. The van der Waals surface area contributed by atoms with Gasteiger partial charge in [-0.2, -0.15) is 10.2 Å². The second kappa shape index (κ2) is 9.80. The van der Waals surface area contributed by atoms with E-state index in [4.69, 9.17) is 0 Å². The first-order valence-corrected chi connectivity index (χ1v) is 12.5. The number of fused-ring (bicyclic) bond motifs is 1. The Balaban J connectivity index is 1.27. The number of amides is 2. The summed E-state index contributed by atoms with van der Waals surface area (Å²) >= 11 is 1.43. The summed E-state index contributed by atoms with van der Waals surface area (Å²) < 4.78 is 3.57. The lowest BCUT2D eigenvalue weighted by atomic mass is 9.97. The number of anilines is 1. The van der Waals surface area contributed by atoms with E-state index in [0.29, 0.717) is 29.4 Å². The van der Waals surface area contributed by atoms with Crippen LogP contribution >= 0.6 is 11.3 Å². The number of aromatic nitrogens is 4. The van der Waals surface area contributed by atoms with Gasteiger partial charge in [0, 0.05) is 23.5 Å². The van der Waals surface area contributed by atoms with Gasteiger partial charge in [0.2, 0.25) is 5.91 Å². The molecule has 1 saturated carbocycles. The number of nitrogens with zero attached hydrogens (tertiary/aromatic N) is 4. The van der Waals surface area contributed by atoms with Crippen molar-refractivity contribution >= 4 is 39.7 Å². The molecule has 1 fully saturated rings. The predicted molar refractivity (Wildman–Crippen MR) is 133 cm³/mol. The molecule has 8 nitrogen and oxygen atoms in total. The molecule has 0 radical (unpaired) electrons. The highest BCUT2D eigenvalue weighted by atomic mass is 32.1. The number of aryl methyl sites for hydroxylation is 1. The first-order chi connectivity index (χ1) is 16.5. The van der Waals surface area contributed by atoms with E-state index in [0.717, 1.165) is 28.6 Å². The molecule has 1 atom stereocenters. The van der Waals surface area contributed by atoms with Crippen molar-refractivity contribution in [2.24, 2.45) is 13.0 Å². The van der Waals surface area contributed by atoms with Crippen LogP contribution in [0.1, 0.15) is 46.7 Å². The Morgan fingerprint density at radius 3 is 2.74 bits per heavy atom. The summed E-state index contributed by atoms with van der Waals surface area (Å²) in [6.07, 6.45) is 10.4. The zero-order chi connectivity index (χ0) is 23.5. The molecule has 1 aliphatic carbocycles. The van der Waals surface area contributed by atoms with Crippen LogP contribution in [0.25, 0.3) is 10.9 Å². The number of nitrogens with one attached hydrogen (secondary N) is 2. The highest BCUT2D eigenvalue weighted by Crippen LogP contribution is 2.29. The smallest absolute Gasteiger partial charge is 0.262 e. The third-order valence-corrected chi connectivity index (χ3v) is 7.45. The molecule has 176 valence electrons. The molecular formula is C25H28N6O2S. The molecule has 3 heterocycles. The highest BCUT2D eigenvalue weighted by molar-refractivity contribution is 7.14. The molecule has 0 aliphatic heterocycles. The van der Waals surface area contributed by atoms with Crippen molar-refractivity contribution in [3.05, 3.63) is 64.7 Å². The van der Waals surface area contributed by atoms with E-state index < -0.39 is 6.04 Å². The molecule has 1 aromatic carbocycles. The van der Waals surface area contributed by atoms with Crippen molar-refractivity contribution in [3.63, 3.8) is 0 Å². The SMILES string of the molecule is Cn1cc(NC(=O)[C@H](CC2CCCC2)NC(=O)c2ccc(Cn3ncc4ccccc43)s2)cn1. The van der Waals surface area contributed by atoms with E-state index in [1.54, 1.807) is 24.1 Å². The average Bonchev–Trinajstić information content (AvgIpc) is 3.63. The van der Waals surface area contributed by atoms with Crippen molar-refractivity contribution in [1.82, 2.24) is 24.9 Å². The molecular weight excluding hydrogens is 448 g/mol. The molecule has 2 N–H and O–H groups in total. The summed E-state index contributed by atoms with van der Waals surface area (Å²) in [6.45, 7) is 0.596. The third kappa shape index (κ3) is 5.04. The maximum Gasteiger partial charge on any atom is 0.262 e. The second-order valence-corrected chi connectivity index (χ2v) is 10.1. The van der Waals surface area contributed by atoms with E-state index >= 15 is 0 Å². The van der Waals surface area contributed by atoms with Gasteiger partial charge in [-0.15, -0.1) is 11.3 Å². The summed E-state index contributed by atoms with van der Waals surface area (Å²) in [4.78, 5) is 27.8. The van der Waals surface area contributed by atoms with Gasteiger partial charge in [0.05, 0.1) is 35.0 Å². The Hall–Kier alpha value is -3.46. The highest BCUT2D eigenvalue weighted by Gasteiger charge is 2.27. The predicted octanol–water partition coefficient (Wildman–Crippen LogP) is 4.20. The van der Waals surface area contributed by atoms with E-state index in [-0.39, 0.29) is 11.8 Å². The van der Waals surface area contributed by atoms with Crippen LogP contribution < -0.4 is 10.6 Å². The topological polar surface area (TPSA) is 93.8 Å². The second-order valence-electron chi connectivity index (χ2n) is 8.93. The van der Waals surface area contributed by atoms with Crippen LogP contribution in [-0.2, 0) is 18.4 Å². The Kier molecular flexibility index (Phi) is 6.44. The normalized spacial score (nSPS) is 15.0. The van der Waals surface area contributed by atoms with E-state index in [9.17, 15) is 9.59 Å². The van der Waals surface area contributed by atoms with Crippen molar-refractivity contribution in [3.8, 4) is 0 Å². The molecule has 34 heavy (non-hydrogen) atoms. The number of hydrogen-bond donors (Lipinski definition) is 2. The Morgan fingerprint density at radius 2 is 1.94 bits per heavy atom. The van der Waals surface area contributed by atoms with Gasteiger partial charge in [-0.25, -0.2) is 0 Å². The van der Waals surface area contributed by atoms with Crippen LogP contribution in [0.15, 0.2) is 55.0 Å². The molecule has 9 heteroatoms. The molecule has 1 aliphatic rings. The summed E-state index contributed by atoms with van der Waals surface area (Å²) in [6, 6.07) is 11.3. The minimum atomic E-state index is -0.587. The minimum Gasteiger partial charge on any atom is -0.340 e. The number of carbonyl (C=O) groups excluding carboxylic acids is 2. The maximum absolute atomic E-state index is 13.1. The van der Waals surface area contributed by atoms with E-state index in [2.05, 4.69) is 20.8 Å². The van der Waals surface area contributed by atoms with Gasteiger partial charge < -0.3 is 10.6 Å². The van der Waals surface area contributed by atoms with Crippen molar-refractivity contribution in [1.29, 1.82) is 0 Å². The lowest BCUT2D eigenvalue weighted by molar-refractivity contribution is -0.118. The zero-order valence-electron chi connectivity index (χ0n) is 19.1. The summed E-state index contributed by atoms with van der Waals surface area (Å²) in [5.41, 5.74) is 1.69. The number of benzene rings is 1. The molecule has 0 spiro atoms. The third-order valence-electron chi connectivity index (χ3n) is 6.38.